The molecule has 0 amide bonds. The number of rotatable bonds is 5. The molecule has 0 saturated carbocycles. The average Bonchev–Trinajstić information content (AvgIpc) is 2.55. The molecule has 3 rings (SSSR count). The van der Waals surface area contributed by atoms with Crippen LogP contribution in [0.25, 0.3) is 0 Å². The van der Waals surface area contributed by atoms with Crippen LogP contribution >= 0.6 is 0 Å². The number of benzene rings is 1. The lowest BCUT2D eigenvalue weighted by Gasteiger charge is -2.35. The Morgan fingerprint density at radius 1 is 1.17 bits per heavy atom. The lowest BCUT2D eigenvalue weighted by molar-refractivity contribution is -0.0498. The second-order valence-electron chi connectivity index (χ2n) is 5.65. The van der Waals surface area contributed by atoms with Crippen LogP contribution in [0.2, 0.25) is 0 Å². The van der Waals surface area contributed by atoms with E-state index in [1.54, 1.807) is 24.3 Å². The highest BCUT2D eigenvalue weighted by Crippen LogP contribution is 2.24. The lowest BCUT2D eigenvalue weighted by atomic mass is 10.0. The van der Waals surface area contributed by atoms with Gasteiger partial charge < -0.3 is 15.0 Å². The summed E-state index contributed by atoms with van der Waals surface area (Å²) in [7, 11) is 0. The molecule has 128 valence electrons. The van der Waals surface area contributed by atoms with Crippen molar-refractivity contribution in [1.29, 1.82) is 0 Å². The molecule has 4 nitrogen and oxygen atoms in total. The first-order valence-electron chi connectivity index (χ1n) is 7.79. The van der Waals surface area contributed by atoms with E-state index in [2.05, 4.69) is 19.9 Å². The van der Waals surface area contributed by atoms with Gasteiger partial charge in [-0.05, 0) is 49.2 Å². The number of pyridine rings is 1. The van der Waals surface area contributed by atoms with Crippen LogP contribution in [0.4, 0.5) is 24.7 Å². The molecule has 1 atom stereocenters. The van der Waals surface area contributed by atoms with E-state index in [4.69, 9.17) is 0 Å². The van der Waals surface area contributed by atoms with Gasteiger partial charge in [0.1, 0.15) is 11.6 Å². The van der Waals surface area contributed by atoms with Crippen molar-refractivity contribution in [3.8, 4) is 5.75 Å². The molecular weight excluding hydrogens is 319 g/mol. The highest BCUT2D eigenvalue weighted by atomic mass is 19.3. The van der Waals surface area contributed by atoms with Crippen molar-refractivity contribution >= 4 is 11.5 Å². The van der Waals surface area contributed by atoms with Gasteiger partial charge in [-0.3, -0.25) is 0 Å². The summed E-state index contributed by atoms with van der Waals surface area (Å²) in [5, 5.41) is 3.24. The van der Waals surface area contributed by atoms with Gasteiger partial charge in [0.05, 0.1) is 0 Å². The van der Waals surface area contributed by atoms with Gasteiger partial charge in [-0.2, -0.15) is 13.2 Å². The Hall–Kier alpha value is -2.44. The molecule has 1 aromatic carbocycles. The maximum atomic E-state index is 13.2. The standard InChI is InChI=1S/C17H18F3N3O/c18-15-4-1-5-16(22-15)21-12-3-2-10-23(11-12)13-6-8-14(9-7-13)24-17(19)20/h1,4-9,12,17H,2-3,10-11H2,(H,21,22). The molecule has 1 N–H and O–H groups in total. The summed E-state index contributed by atoms with van der Waals surface area (Å²) in [6.07, 6.45) is 1.93. The van der Waals surface area contributed by atoms with E-state index in [9.17, 15) is 13.2 Å². The normalized spacial score (nSPS) is 17.8. The number of halogens is 3. The Bertz CT molecular complexity index is 666. The molecule has 2 heterocycles. The van der Waals surface area contributed by atoms with Gasteiger partial charge in [-0.1, -0.05) is 6.07 Å². The smallest absolute Gasteiger partial charge is 0.387 e. The summed E-state index contributed by atoms with van der Waals surface area (Å²) in [5.41, 5.74) is 0.940. The molecule has 1 aliphatic heterocycles. The van der Waals surface area contributed by atoms with Crippen molar-refractivity contribution in [1.82, 2.24) is 4.98 Å². The zero-order valence-electron chi connectivity index (χ0n) is 13.0. The number of alkyl halides is 2. The molecule has 1 unspecified atom stereocenters. The molecule has 2 aromatic rings. The maximum absolute atomic E-state index is 13.2. The van der Waals surface area contributed by atoms with E-state index in [0.717, 1.165) is 31.6 Å². The topological polar surface area (TPSA) is 37.4 Å². The van der Waals surface area contributed by atoms with Gasteiger partial charge in [-0.15, -0.1) is 0 Å². The molecule has 0 bridgehead atoms. The second kappa shape index (κ2) is 7.42. The van der Waals surface area contributed by atoms with Crippen LogP contribution in [0.3, 0.4) is 0 Å². The Morgan fingerprint density at radius 3 is 2.67 bits per heavy atom. The molecule has 7 heteroatoms. The van der Waals surface area contributed by atoms with Crippen LogP contribution in [0.15, 0.2) is 42.5 Å². The third kappa shape index (κ3) is 4.31. The van der Waals surface area contributed by atoms with Crippen molar-refractivity contribution in [2.24, 2.45) is 0 Å². The Labute approximate surface area is 138 Å². The van der Waals surface area contributed by atoms with E-state index >= 15 is 0 Å². The molecule has 24 heavy (non-hydrogen) atoms. The zero-order chi connectivity index (χ0) is 16.9. The summed E-state index contributed by atoms with van der Waals surface area (Å²) < 4.78 is 41.9. The summed E-state index contributed by atoms with van der Waals surface area (Å²) in [4.78, 5) is 5.98. The predicted octanol–water partition coefficient (Wildman–Crippen LogP) is 3.90. The molecule has 1 aromatic heterocycles. The van der Waals surface area contributed by atoms with Crippen LogP contribution in [0.1, 0.15) is 12.8 Å². The summed E-state index contributed by atoms with van der Waals surface area (Å²) in [6.45, 7) is -1.21. The second-order valence-corrected chi connectivity index (χ2v) is 5.65. The van der Waals surface area contributed by atoms with Gasteiger partial charge >= 0.3 is 6.61 Å². The number of nitrogens with zero attached hydrogens (tertiary/aromatic N) is 2. The number of nitrogens with one attached hydrogen (secondary N) is 1. The van der Waals surface area contributed by atoms with Crippen LogP contribution in [0.5, 0.6) is 5.75 Å². The van der Waals surface area contributed by atoms with Crippen molar-refractivity contribution < 1.29 is 17.9 Å². The average molecular weight is 337 g/mol. The Morgan fingerprint density at radius 2 is 1.96 bits per heavy atom. The molecule has 0 radical (unpaired) electrons. The third-order valence-electron chi connectivity index (χ3n) is 3.92. The van der Waals surface area contributed by atoms with Crippen LogP contribution in [-0.2, 0) is 0 Å². The fourth-order valence-electron chi connectivity index (χ4n) is 2.87. The van der Waals surface area contributed by atoms with Crippen molar-refractivity contribution in [2.75, 3.05) is 23.3 Å². The summed E-state index contributed by atoms with van der Waals surface area (Å²) >= 11 is 0. The number of hydrogen-bond acceptors (Lipinski definition) is 4. The predicted molar refractivity (Wildman–Crippen MR) is 86.1 cm³/mol. The fourth-order valence-corrected chi connectivity index (χ4v) is 2.87. The first kappa shape index (κ1) is 16.4. The largest absolute Gasteiger partial charge is 0.435 e. The summed E-state index contributed by atoms with van der Waals surface area (Å²) in [6, 6.07) is 11.4. The first-order chi connectivity index (χ1) is 11.6. The molecule has 0 spiro atoms. The highest BCUT2D eigenvalue weighted by Gasteiger charge is 2.20. The number of piperidine rings is 1. The van der Waals surface area contributed by atoms with Gasteiger partial charge in [0.2, 0.25) is 5.95 Å². The minimum absolute atomic E-state index is 0.143. The maximum Gasteiger partial charge on any atom is 0.387 e. The first-order valence-corrected chi connectivity index (χ1v) is 7.79. The quantitative estimate of drug-likeness (QED) is 0.840. The number of anilines is 2. The minimum atomic E-state index is -2.82. The Balaban J connectivity index is 1.62. The van der Waals surface area contributed by atoms with E-state index in [1.165, 1.54) is 18.2 Å². The van der Waals surface area contributed by atoms with Crippen LogP contribution in [0, 0.1) is 5.95 Å². The molecule has 1 aliphatic rings. The lowest BCUT2D eigenvalue weighted by Crippen LogP contribution is -2.42. The fraction of sp³-hybridized carbons (Fsp3) is 0.353. The SMILES string of the molecule is Fc1cccc(NC2CCCN(c3ccc(OC(F)F)cc3)C2)n1. The van der Waals surface area contributed by atoms with E-state index in [0.29, 0.717) is 5.82 Å². The van der Waals surface area contributed by atoms with Gasteiger partial charge in [-0.25, -0.2) is 4.98 Å². The van der Waals surface area contributed by atoms with Crippen molar-refractivity contribution in [3.05, 3.63) is 48.4 Å². The number of ether oxygens (including phenoxy) is 1. The molecule has 0 aliphatic carbocycles. The third-order valence-corrected chi connectivity index (χ3v) is 3.92. The van der Waals surface area contributed by atoms with Crippen molar-refractivity contribution in [3.63, 3.8) is 0 Å². The van der Waals surface area contributed by atoms with Gasteiger partial charge in [0.15, 0.2) is 0 Å². The molecular formula is C17H18F3N3O. The highest BCUT2D eigenvalue weighted by molar-refractivity contribution is 5.50. The van der Waals surface area contributed by atoms with Gasteiger partial charge in [0.25, 0.3) is 0 Å². The Kier molecular flexibility index (Phi) is 5.08. The monoisotopic (exact) mass is 337 g/mol. The zero-order valence-corrected chi connectivity index (χ0v) is 13.0. The molecule has 1 saturated heterocycles. The number of hydrogen-bond donors (Lipinski definition) is 1. The van der Waals surface area contributed by atoms with Crippen LogP contribution in [-0.4, -0.2) is 30.7 Å². The van der Waals surface area contributed by atoms with E-state index in [-0.39, 0.29) is 11.8 Å². The van der Waals surface area contributed by atoms with Crippen LogP contribution < -0.4 is 15.0 Å². The van der Waals surface area contributed by atoms with Gasteiger partial charge in [0, 0.05) is 24.8 Å². The minimum Gasteiger partial charge on any atom is -0.435 e. The van der Waals surface area contributed by atoms with Crippen molar-refractivity contribution in [2.45, 2.75) is 25.5 Å². The van der Waals surface area contributed by atoms with E-state index in [1.807, 2.05) is 0 Å². The number of aromatic nitrogens is 1. The van der Waals surface area contributed by atoms with E-state index < -0.39 is 12.6 Å². The molecule has 1 fully saturated rings. The summed E-state index contributed by atoms with van der Waals surface area (Å²) in [5.74, 6) is 0.147.